The molecule has 2 heteroatoms. The van der Waals surface area contributed by atoms with Crippen molar-refractivity contribution in [2.45, 2.75) is 57.2 Å². The zero-order chi connectivity index (χ0) is 8.55. The summed E-state index contributed by atoms with van der Waals surface area (Å²) in [6.07, 6.45) is 5.92. The van der Waals surface area contributed by atoms with E-state index < -0.39 is 0 Å². The first-order valence-electron chi connectivity index (χ1n) is 5.21. The second-order valence-electron chi connectivity index (χ2n) is 4.41. The minimum atomic E-state index is -0.0243. The normalized spacial score (nSPS) is 48.5. The molecule has 1 aliphatic carbocycles. The summed E-state index contributed by atoms with van der Waals surface area (Å²) in [4.78, 5) is 0. The Balaban J connectivity index is 1.99. The number of aliphatic hydroxyl groups excluding tert-OH is 1. The molecule has 1 aliphatic heterocycles. The maximum Gasteiger partial charge on any atom is 0.0583 e. The molecule has 2 unspecified atom stereocenters. The highest BCUT2D eigenvalue weighted by Gasteiger charge is 2.35. The third kappa shape index (κ3) is 1.50. The van der Waals surface area contributed by atoms with Crippen LogP contribution >= 0.6 is 0 Å². The number of aliphatic hydroxyl groups is 1. The molecule has 1 heterocycles. The maximum absolute atomic E-state index is 9.75. The van der Waals surface area contributed by atoms with Crippen molar-refractivity contribution in [3.05, 3.63) is 0 Å². The number of rotatable bonds is 0. The number of hydrogen-bond donors (Lipinski definition) is 2. The van der Waals surface area contributed by atoms with Gasteiger partial charge in [-0.15, -0.1) is 0 Å². The Kier molecular flexibility index (Phi) is 2.37. The van der Waals surface area contributed by atoms with Crippen LogP contribution in [0.15, 0.2) is 0 Å². The van der Waals surface area contributed by atoms with E-state index in [2.05, 4.69) is 12.2 Å². The van der Waals surface area contributed by atoms with E-state index in [9.17, 15) is 5.11 Å². The van der Waals surface area contributed by atoms with Gasteiger partial charge in [0.2, 0.25) is 0 Å². The fourth-order valence-corrected chi connectivity index (χ4v) is 2.73. The molecule has 2 N–H and O–H groups in total. The predicted molar refractivity (Wildman–Crippen MR) is 49.0 cm³/mol. The van der Waals surface area contributed by atoms with E-state index in [1.807, 2.05) is 0 Å². The summed E-state index contributed by atoms with van der Waals surface area (Å²) in [5, 5.41) is 13.3. The highest BCUT2D eigenvalue weighted by atomic mass is 16.3. The van der Waals surface area contributed by atoms with Gasteiger partial charge < -0.3 is 10.4 Å². The quantitative estimate of drug-likeness (QED) is 0.572. The fourth-order valence-electron chi connectivity index (χ4n) is 2.73. The summed E-state index contributed by atoms with van der Waals surface area (Å²) < 4.78 is 0. The smallest absolute Gasteiger partial charge is 0.0583 e. The van der Waals surface area contributed by atoms with E-state index in [0.29, 0.717) is 18.0 Å². The van der Waals surface area contributed by atoms with Crippen LogP contribution in [0.1, 0.15) is 39.0 Å². The zero-order valence-electron chi connectivity index (χ0n) is 7.79. The van der Waals surface area contributed by atoms with Crippen LogP contribution in [0.4, 0.5) is 0 Å². The van der Waals surface area contributed by atoms with Crippen molar-refractivity contribution in [3.8, 4) is 0 Å². The molecule has 0 aromatic carbocycles. The molecule has 0 amide bonds. The standard InChI is InChI=1S/C10H19NO/c1-7-5-6-8-9(11-7)3-2-4-10(8)12/h7-12H,2-6H2,1H3/t7-,8+,9?,10?/m1/s1. The van der Waals surface area contributed by atoms with Crippen LogP contribution < -0.4 is 5.32 Å². The second kappa shape index (κ2) is 3.35. The summed E-state index contributed by atoms with van der Waals surface area (Å²) in [6.45, 7) is 2.25. The summed E-state index contributed by atoms with van der Waals surface area (Å²) >= 11 is 0. The molecule has 12 heavy (non-hydrogen) atoms. The van der Waals surface area contributed by atoms with Crippen LogP contribution in [0.25, 0.3) is 0 Å². The predicted octanol–water partition coefficient (Wildman–Crippen LogP) is 1.29. The first-order valence-corrected chi connectivity index (χ1v) is 5.21. The first kappa shape index (κ1) is 8.52. The van der Waals surface area contributed by atoms with Crippen LogP contribution in [0.2, 0.25) is 0 Å². The molecular weight excluding hydrogens is 150 g/mol. The van der Waals surface area contributed by atoms with Gasteiger partial charge in [0.15, 0.2) is 0 Å². The van der Waals surface area contributed by atoms with Gasteiger partial charge in [-0.3, -0.25) is 0 Å². The lowest BCUT2D eigenvalue weighted by molar-refractivity contribution is 0.0229. The van der Waals surface area contributed by atoms with Crippen LogP contribution in [0, 0.1) is 5.92 Å². The molecule has 2 aliphatic rings. The van der Waals surface area contributed by atoms with Crippen molar-refractivity contribution in [1.29, 1.82) is 0 Å². The van der Waals surface area contributed by atoms with Gasteiger partial charge in [-0.25, -0.2) is 0 Å². The van der Waals surface area contributed by atoms with Gasteiger partial charge in [0.1, 0.15) is 0 Å². The molecule has 0 radical (unpaired) electrons. The van der Waals surface area contributed by atoms with E-state index in [1.54, 1.807) is 0 Å². The minimum absolute atomic E-state index is 0.0243. The summed E-state index contributed by atoms with van der Waals surface area (Å²) in [5.41, 5.74) is 0. The fraction of sp³-hybridized carbons (Fsp3) is 1.00. The third-order valence-electron chi connectivity index (χ3n) is 3.46. The van der Waals surface area contributed by atoms with Gasteiger partial charge in [-0.2, -0.15) is 0 Å². The van der Waals surface area contributed by atoms with Gasteiger partial charge in [-0.05, 0) is 39.0 Å². The number of hydrogen-bond acceptors (Lipinski definition) is 2. The van der Waals surface area contributed by atoms with E-state index in [-0.39, 0.29) is 6.10 Å². The molecule has 2 fully saturated rings. The number of piperidine rings is 1. The molecule has 4 atom stereocenters. The summed E-state index contributed by atoms with van der Waals surface area (Å²) in [7, 11) is 0. The Morgan fingerprint density at radius 3 is 2.83 bits per heavy atom. The second-order valence-corrected chi connectivity index (χ2v) is 4.41. The molecule has 70 valence electrons. The zero-order valence-corrected chi connectivity index (χ0v) is 7.79. The van der Waals surface area contributed by atoms with Gasteiger partial charge in [0, 0.05) is 18.0 Å². The van der Waals surface area contributed by atoms with Crippen LogP contribution in [0.5, 0.6) is 0 Å². The van der Waals surface area contributed by atoms with Gasteiger partial charge >= 0.3 is 0 Å². The monoisotopic (exact) mass is 169 g/mol. The Morgan fingerprint density at radius 1 is 1.17 bits per heavy atom. The molecule has 1 saturated carbocycles. The average molecular weight is 169 g/mol. The van der Waals surface area contributed by atoms with E-state index in [1.165, 1.54) is 25.7 Å². The van der Waals surface area contributed by atoms with E-state index in [0.717, 1.165) is 6.42 Å². The van der Waals surface area contributed by atoms with Crippen LogP contribution in [-0.2, 0) is 0 Å². The van der Waals surface area contributed by atoms with Gasteiger partial charge in [0.05, 0.1) is 6.10 Å². The molecule has 0 bridgehead atoms. The van der Waals surface area contributed by atoms with Crippen molar-refractivity contribution >= 4 is 0 Å². The van der Waals surface area contributed by atoms with E-state index in [4.69, 9.17) is 0 Å². The largest absolute Gasteiger partial charge is 0.393 e. The van der Waals surface area contributed by atoms with Gasteiger partial charge in [0.25, 0.3) is 0 Å². The Bertz CT molecular complexity index is 160. The lowest BCUT2D eigenvalue weighted by Gasteiger charge is -2.42. The van der Waals surface area contributed by atoms with Crippen molar-refractivity contribution in [3.63, 3.8) is 0 Å². The summed E-state index contributed by atoms with van der Waals surface area (Å²) in [5.74, 6) is 0.551. The van der Waals surface area contributed by atoms with Crippen molar-refractivity contribution < 1.29 is 5.11 Å². The maximum atomic E-state index is 9.75. The first-order chi connectivity index (χ1) is 5.77. The van der Waals surface area contributed by atoms with Crippen LogP contribution in [0.3, 0.4) is 0 Å². The Hall–Kier alpha value is -0.0800. The molecule has 2 rings (SSSR count). The SMILES string of the molecule is C[C@@H]1CC[C@@H]2C(O)CCCC2N1. The Labute approximate surface area is 74.4 Å². The molecule has 0 aromatic rings. The lowest BCUT2D eigenvalue weighted by Crippen LogP contribution is -2.52. The van der Waals surface area contributed by atoms with Crippen molar-refractivity contribution in [1.82, 2.24) is 5.32 Å². The average Bonchev–Trinajstić information content (AvgIpc) is 2.04. The lowest BCUT2D eigenvalue weighted by atomic mass is 9.76. The highest BCUT2D eigenvalue weighted by Crippen LogP contribution is 2.32. The molecular formula is C10H19NO. The number of nitrogens with one attached hydrogen (secondary N) is 1. The van der Waals surface area contributed by atoms with Gasteiger partial charge in [-0.1, -0.05) is 0 Å². The summed E-state index contributed by atoms with van der Waals surface area (Å²) in [6, 6.07) is 1.27. The number of fused-ring (bicyclic) bond motifs is 1. The molecule has 2 nitrogen and oxygen atoms in total. The minimum Gasteiger partial charge on any atom is -0.393 e. The van der Waals surface area contributed by atoms with E-state index >= 15 is 0 Å². The molecule has 0 aromatic heterocycles. The van der Waals surface area contributed by atoms with Crippen LogP contribution in [-0.4, -0.2) is 23.3 Å². The van der Waals surface area contributed by atoms with Crippen molar-refractivity contribution in [2.24, 2.45) is 5.92 Å². The molecule has 1 saturated heterocycles. The van der Waals surface area contributed by atoms with Crippen molar-refractivity contribution in [2.75, 3.05) is 0 Å². The Morgan fingerprint density at radius 2 is 2.00 bits per heavy atom. The third-order valence-corrected chi connectivity index (χ3v) is 3.46. The highest BCUT2D eigenvalue weighted by molar-refractivity contribution is 4.91. The molecule has 0 spiro atoms. The topological polar surface area (TPSA) is 32.3 Å².